The first-order valence-electron chi connectivity index (χ1n) is 5.68. The largest absolute Gasteiger partial charge is 0.380 e. The van der Waals surface area contributed by atoms with Gasteiger partial charge in [0.2, 0.25) is 5.82 Å². The molecule has 0 amide bonds. The summed E-state index contributed by atoms with van der Waals surface area (Å²) in [7, 11) is 0. The van der Waals surface area contributed by atoms with Gasteiger partial charge in [-0.25, -0.2) is 22.0 Å². The Bertz CT molecular complexity index is 668. The SMILES string of the molecule is CC(O)(c1ccc(Cl)cc1)c1c(F)c(F)c(F)c(F)c1F. The molecule has 0 aliphatic heterocycles. The number of aliphatic hydroxyl groups is 1. The van der Waals surface area contributed by atoms with Gasteiger partial charge >= 0.3 is 0 Å². The molecule has 0 spiro atoms. The molecule has 0 aliphatic rings. The molecule has 0 saturated heterocycles. The van der Waals surface area contributed by atoms with Crippen molar-refractivity contribution >= 4 is 11.6 Å². The summed E-state index contributed by atoms with van der Waals surface area (Å²) in [5.41, 5.74) is -3.81. The van der Waals surface area contributed by atoms with Crippen molar-refractivity contribution < 1.29 is 27.1 Å². The topological polar surface area (TPSA) is 20.2 Å². The quantitative estimate of drug-likeness (QED) is 0.497. The zero-order valence-corrected chi connectivity index (χ0v) is 11.3. The Morgan fingerprint density at radius 2 is 1.19 bits per heavy atom. The fraction of sp³-hybridized carbons (Fsp3) is 0.143. The van der Waals surface area contributed by atoms with Crippen LogP contribution in [0.15, 0.2) is 24.3 Å². The van der Waals surface area contributed by atoms with Crippen molar-refractivity contribution in [3.63, 3.8) is 0 Å². The number of rotatable bonds is 2. The summed E-state index contributed by atoms with van der Waals surface area (Å²) in [6, 6.07) is 5.08. The molecule has 2 rings (SSSR count). The van der Waals surface area contributed by atoms with Crippen LogP contribution in [0.4, 0.5) is 22.0 Å². The van der Waals surface area contributed by atoms with E-state index in [0.29, 0.717) is 0 Å². The first kappa shape index (κ1) is 15.7. The lowest BCUT2D eigenvalue weighted by atomic mass is 9.87. The second-order valence-electron chi connectivity index (χ2n) is 4.52. The second kappa shape index (κ2) is 5.27. The molecule has 112 valence electrons. The molecule has 0 heterocycles. The van der Waals surface area contributed by atoms with E-state index in [2.05, 4.69) is 0 Å². The molecule has 7 heteroatoms. The van der Waals surface area contributed by atoms with Crippen molar-refractivity contribution in [1.82, 2.24) is 0 Å². The lowest BCUT2D eigenvalue weighted by molar-refractivity contribution is 0.0904. The van der Waals surface area contributed by atoms with Gasteiger partial charge in [0, 0.05) is 5.02 Å². The van der Waals surface area contributed by atoms with Crippen molar-refractivity contribution in [1.29, 1.82) is 0 Å². The van der Waals surface area contributed by atoms with Crippen LogP contribution in [0.25, 0.3) is 0 Å². The first-order valence-corrected chi connectivity index (χ1v) is 6.06. The van der Waals surface area contributed by atoms with E-state index in [-0.39, 0.29) is 10.6 Å². The van der Waals surface area contributed by atoms with E-state index in [0.717, 1.165) is 6.92 Å². The van der Waals surface area contributed by atoms with Crippen LogP contribution in [-0.2, 0) is 5.60 Å². The van der Waals surface area contributed by atoms with E-state index < -0.39 is 40.3 Å². The Labute approximate surface area is 121 Å². The van der Waals surface area contributed by atoms with Gasteiger partial charge in [0.15, 0.2) is 23.3 Å². The predicted molar refractivity (Wildman–Crippen MR) is 66.4 cm³/mol. The molecule has 0 aliphatic carbocycles. The van der Waals surface area contributed by atoms with Crippen LogP contribution >= 0.6 is 11.6 Å². The molecule has 1 nitrogen and oxygen atoms in total. The molecular formula is C14H8ClF5O. The zero-order valence-electron chi connectivity index (χ0n) is 10.5. The van der Waals surface area contributed by atoms with Crippen LogP contribution < -0.4 is 0 Å². The highest BCUT2D eigenvalue weighted by molar-refractivity contribution is 6.30. The van der Waals surface area contributed by atoms with Gasteiger partial charge < -0.3 is 5.11 Å². The molecule has 1 unspecified atom stereocenters. The van der Waals surface area contributed by atoms with Gasteiger partial charge in [-0.1, -0.05) is 23.7 Å². The Morgan fingerprint density at radius 1 is 0.810 bits per heavy atom. The molecule has 0 fully saturated rings. The standard InChI is InChI=1S/C14H8ClF5O/c1-14(21,6-2-4-7(15)5-3-6)8-9(16)11(18)13(20)12(19)10(8)17/h2-5,21H,1H3. The normalized spacial score (nSPS) is 14.1. The highest BCUT2D eigenvalue weighted by Crippen LogP contribution is 2.36. The molecule has 21 heavy (non-hydrogen) atoms. The van der Waals surface area contributed by atoms with Gasteiger partial charge in [0.25, 0.3) is 0 Å². The molecule has 0 radical (unpaired) electrons. The van der Waals surface area contributed by atoms with E-state index in [1.54, 1.807) is 0 Å². The second-order valence-corrected chi connectivity index (χ2v) is 4.96. The summed E-state index contributed by atoms with van der Waals surface area (Å²) in [5.74, 6) is -10.7. The van der Waals surface area contributed by atoms with E-state index in [4.69, 9.17) is 11.6 Å². The average Bonchev–Trinajstić information content (AvgIpc) is 2.43. The Hall–Kier alpha value is -1.66. The minimum atomic E-state index is -2.42. The third-order valence-corrected chi connectivity index (χ3v) is 3.35. The highest BCUT2D eigenvalue weighted by Gasteiger charge is 2.37. The highest BCUT2D eigenvalue weighted by atomic mass is 35.5. The molecule has 1 atom stereocenters. The van der Waals surface area contributed by atoms with Gasteiger partial charge in [-0.3, -0.25) is 0 Å². The lowest BCUT2D eigenvalue weighted by Crippen LogP contribution is -2.28. The van der Waals surface area contributed by atoms with Crippen LogP contribution in [0.1, 0.15) is 18.1 Å². The molecule has 1 N–H and O–H groups in total. The van der Waals surface area contributed by atoms with E-state index >= 15 is 0 Å². The summed E-state index contributed by atoms with van der Waals surface area (Å²) < 4.78 is 67.0. The fourth-order valence-corrected chi connectivity index (χ4v) is 2.08. The summed E-state index contributed by atoms with van der Waals surface area (Å²) in [6.07, 6.45) is 0. The van der Waals surface area contributed by atoms with Crippen molar-refractivity contribution in [2.75, 3.05) is 0 Å². The summed E-state index contributed by atoms with van der Waals surface area (Å²) in [4.78, 5) is 0. The fourth-order valence-electron chi connectivity index (χ4n) is 1.95. The third-order valence-electron chi connectivity index (χ3n) is 3.10. The minimum Gasteiger partial charge on any atom is -0.380 e. The van der Waals surface area contributed by atoms with Crippen LogP contribution in [0.3, 0.4) is 0 Å². The Balaban J connectivity index is 2.73. The van der Waals surface area contributed by atoms with Crippen LogP contribution in [0.5, 0.6) is 0 Å². The van der Waals surface area contributed by atoms with Crippen molar-refractivity contribution in [2.45, 2.75) is 12.5 Å². The van der Waals surface area contributed by atoms with Crippen LogP contribution in [0.2, 0.25) is 5.02 Å². The monoisotopic (exact) mass is 322 g/mol. The molecule has 0 aromatic heterocycles. The summed E-state index contributed by atoms with van der Waals surface area (Å²) in [5, 5.41) is 10.6. The Kier molecular flexibility index (Phi) is 3.95. The average molecular weight is 323 g/mol. The van der Waals surface area contributed by atoms with Gasteiger partial charge in [-0.2, -0.15) is 0 Å². The maximum atomic E-state index is 13.8. The molecular weight excluding hydrogens is 315 g/mol. The van der Waals surface area contributed by atoms with Crippen molar-refractivity contribution in [3.8, 4) is 0 Å². The maximum absolute atomic E-state index is 13.8. The zero-order chi connectivity index (χ0) is 15.9. The van der Waals surface area contributed by atoms with Gasteiger partial charge in [-0.05, 0) is 24.6 Å². The smallest absolute Gasteiger partial charge is 0.200 e. The van der Waals surface area contributed by atoms with Crippen molar-refractivity contribution in [3.05, 3.63) is 69.5 Å². The molecule has 2 aromatic rings. The minimum absolute atomic E-state index is 0.0740. The number of hydrogen-bond donors (Lipinski definition) is 1. The third kappa shape index (κ3) is 2.49. The van der Waals surface area contributed by atoms with Gasteiger partial charge in [0.05, 0.1) is 5.56 Å². The van der Waals surface area contributed by atoms with Gasteiger partial charge in [-0.15, -0.1) is 0 Å². The van der Waals surface area contributed by atoms with E-state index in [9.17, 15) is 27.1 Å². The number of benzene rings is 2. The summed E-state index contributed by atoms with van der Waals surface area (Å²) >= 11 is 5.64. The number of hydrogen-bond acceptors (Lipinski definition) is 1. The van der Waals surface area contributed by atoms with Gasteiger partial charge in [0.1, 0.15) is 5.60 Å². The van der Waals surface area contributed by atoms with Crippen molar-refractivity contribution in [2.24, 2.45) is 0 Å². The van der Waals surface area contributed by atoms with Crippen LogP contribution in [0, 0.1) is 29.1 Å². The van der Waals surface area contributed by atoms with E-state index in [1.807, 2.05) is 0 Å². The lowest BCUT2D eigenvalue weighted by Gasteiger charge is -2.26. The Morgan fingerprint density at radius 3 is 1.62 bits per heavy atom. The molecule has 0 saturated carbocycles. The van der Waals surface area contributed by atoms with Crippen LogP contribution in [-0.4, -0.2) is 5.11 Å². The number of halogens is 6. The molecule has 2 aromatic carbocycles. The first-order chi connectivity index (χ1) is 9.67. The summed E-state index contributed by atoms with van der Waals surface area (Å²) in [6.45, 7) is 0.925. The predicted octanol–water partition coefficient (Wildman–Crippen LogP) is 4.29. The maximum Gasteiger partial charge on any atom is 0.200 e. The molecule has 0 bridgehead atoms. The van der Waals surface area contributed by atoms with E-state index in [1.165, 1.54) is 24.3 Å².